The second kappa shape index (κ2) is 8.76. The Morgan fingerprint density at radius 3 is 2.62 bits per heavy atom. The molecule has 168 valence electrons. The second-order valence-corrected chi connectivity index (χ2v) is 10.0. The molecule has 1 saturated heterocycles. The van der Waals surface area contributed by atoms with Gasteiger partial charge in [0.1, 0.15) is 11.6 Å². The minimum atomic E-state index is -0.505. The van der Waals surface area contributed by atoms with Gasteiger partial charge in [-0.15, -0.1) is 0 Å². The van der Waals surface area contributed by atoms with E-state index in [1.54, 1.807) is 11.0 Å². The summed E-state index contributed by atoms with van der Waals surface area (Å²) >= 11 is 9.60. The van der Waals surface area contributed by atoms with Crippen molar-refractivity contribution in [3.05, 3.63) is 57.5 Å². The lowest BCUT2D eigenvalue weighted by atomic mass is 9.92. The zero-order valence-corrected chi connectivity index (χ0v) is 19.8. The zero-order chi connectivity index (χ0) is 22.4. The van der Waals surface area contributed by atoms with Crippen molar-refractivity contribution in [3.63, 3.8) is 0 Å². The lowest BCUT2D eigenvalue weighted by molar-refractivity contribution is -0.120. The molecule has 32 heavy (non-hydrogen) atoms. The number of fused-ring (bicyclic) bond motifs is 1. The maximum Gasteiger partial charge on any atom is 0.227 e. The molecular weight excluding hydrogens is 497 g/mol. The molecule has 1 aliphatic heterocycles. The Kier molecular flexibility index (Phi) is 5.99. The summed E-state index contributed by atoms with van der Waals surface area (Å²) < 4.78 is 17.0. The van der Waals surface area contributed by atoms with Gasteiger partial charge in [0.05, 0.1) is 28.2 Å². The molecule has 1 saturated carbocycles. The van der Waals surface area contributed by atoms with Crippen LogP contribution in [-0.2, 0) is 4.79 Å². The summed E-state index contributed by atoms with van der Waals surface area (Å²) in [6.45, 7) is 0. The minimum Gasteiger partial charge on any atom is -0.393 e. The Bertz CT molecular complexity index is 1180. The van der Waals surface area contributed by atoms with Crippen LogP contribution in [0.15, 0.2) is 40.9 Å². The van der Waals surface area contributed by atoms with Crippen LogP contribution >= 0.6 is 27.5 Å². The Labute approximate surface area is 199 Å². The molecule has 0 bridgehead atoms. The molecule has 1 aliphatic carbocycles. The number of halogens is 3. The summed E-state index contributed by atoms with van der Waals surface area (Å²) in [5.74, 6) is 0.324. The molecule has 2 heterocycles. The van der Waals surface area contributed by atoms with Crippen molar-refractivity contribution >= 4 is 50.2 Å². The molecule has 0 spiro atoms. The number of anilines is 1. The lowest BCUT2D eigenvalue weighted by Gasteiger charge is -2.37. The van der Waals surface area contributed by atoms with Crippen LogP contribution in [0.2, 0.25) is 5.02 Å². The summed E-state index contributed by atoms with van der Waals surface area (Å²) in [7, 11) is 0. The van der Waals surface area contributed by atoms with E-state index in [1.807, 2.05) is 12.1 Å². The Balaban J connectivity index is 1.65. The number of aliphatic hydroxyl groups excluding tert-OH is 1. The van der Waals surface area contributed by atoms with E-state index >= 15 is 0 Å². The third-order valence-electron chi connectivity index (χ3n) is 6.64. The van der Waals surface area contributed by atoms with Gasteiger partial charge in [0.15, 0.2) is 0 Å². The van der Waals surface area contributed by atoms with Crippen LogP contribution in [0, 0.1) is 5.82 Å². The van der Waals surface area contributed by atoms with Crippen molar-refractivity contribution in [2.45, 2.75) is 63.1 Å². The number of aliphatic hydroxyl groups is 1. The summed E-state index contributed by atoms with van der Waals surface area (Å²) in [6, 6.07) is 10.4. The Morgan fingerprint density at radius 2 is 1.88 bits per heavy atom. The molecule has 0 radical (unpaired) electrons. The Hall–Kier alpha value is -1.96. The van der Waals surface area contributed by atoms with Crippen LogP contribution in [0.4, 0.5) is 10.1 Å². The summed E-state index contributed by atoms with van der Waals surface area (Å²) in [5, 5.41) is 10.0. The lowest BCUT2D eigenvalue weighted by Crippen LogP contribution is -2.40. The van der Waals surface area contributed by atoms with Gasteiger partial charge in [0.2, 0.25) is 5.91 Å². The predicted molar refractivity (Wildman–Crippen MR) is 126 cm³/mol. The van der Waals surface area contributed by atoms with E-state index in [1.165, 1.54) is 12.1 Å². The average Bonchev–Trinajstić information content (AvgIpc) is 3.14. The number of hydrogen-bond donors (Lipinski definition) is 1. The van der Waals surface area contributed by atoms with Crippen LogP contribution in [0.1, 0.15) is 62.9 Å². The molecule has 1 aromatic heterocycles. The highest BCUT2D eigenvalue weighted by Crippen LogP contribution is 2.41. The van der Waals surface area contributed by atoms with Gasteiger partial charge in [-0.1, -0.05) is 27.5 Å². The first kappa shape index (κ1) is 21.9. The third kappa shape index (κ3) is 3.95. The van der Waals surface area contributed by atoms with E-state index in [0.29, 0.717) is 12.1 Å². The van der Waals surface area contributed by atoms with E-state index in [-0.39, 0.29) is 29.1 Å². The molecule has 1 amide bonds. The topological polar surface area (TPSA) is 58.4 Å². The molecular formula is C24H24BrClFN3O2. The summed E-state index contributed by atoms with van der Waals surface area (Å²) in [6.07, 6.45) is 4.94. The van der Waals surface area contributed by atoms with Gasteiger partial charge in [-0.05, 0) is 74.9 Å². The van der Waals surface area contributed by atoms with Gasteiger partial charge in [0, 0.05) is 22.6 Å². The number of rotatable bonds is 3. The molecule has 1 N–H and O–H groups in total. The number of amides is 1. The van der Waals surface area contributed by atoms with Crippen LogP contribution < -0.4 is 4.90 Å². The molecule has 8 heteroatoms. The summed E-state index contributed by atoms with van der Waals surface area (Å²) in [5.41, 5.74) is 2.49. The van der Waals surface area contributed by atoms with Gasteiger partial charge in [-0.25, -0.2) is 9.37 Å². The maximum atomic E-state index is 13.8. The van der Waals surface area contributed by atoms with Gasteiger partial charge in [0.25, 0.3) is 0 Å². The number of aromatic nitrogens is 2. The van der Waals surface area contributed by atoms with Gasteiger partial charge in [-0.3, -0.25) is 4.79 Å². The number of nitrogens with zero attached hydrogens (tertiary/aromatic N) is 3. The molecule has 5 rings (SSSR count). The van der Waals surface area contributed by atoms with Crippen LogP contribution in [0.3, 0.4) is 0 Å². The van der Waals surface area contributed by atoms with Gasteiger partial charge < -0.3 is 14.6 Å². The molecule has 3 aromatic rings. The minimum absolute atomic E-state index is 0.00155. The number of piperidine rings is 1. The number of carbonyl (C=O) groups is 1. The quantitative estimate of drug-likeness (QED) is 0.439. The fraction of sp³-hybridized carbons (Fsp3) is 0.417. The predicted octanol–water partition coefficient (Wildman–Crippen LogP) is 6.33. The van der Waals surface area contributed by atoms with Gasteiger partial charge in [-0.2, -0.15) is 0 Å². The van der Waals surface area contributed by atoms with Crippen LogP contribution in [0.5, 0.6) is 0 Å². The van der Waals surface area contributed by atoms with E-state index in [2.05, 4.69) is 26.6 Å². The molecule has 2 aromatic carbocycles. The van der Waals surface area contributed by atoms with Crippen LogP contribution in [0.25, 0.3) is 11.0 Å². The first-order valence-electron chi connectivity index (χ1n) is 11.0. The van der Waals surface area contributed by atoms with E-state index in [4.69, 9.17) is 16.6 Å². The fourth-order valence-electron chi connectivity index (χ4n) is 5.10. The van der Waals surface area contributed by atoms with Crippen molar-refractivity contribution in [1.82, 2.24) is 9.55 Å². The number of imidazole rings is 1. The highest BCUT2D eigenvalue weighted by Gasteiger charge is 2.36. The van der Waals surface area contributed by atoms with E-state index < -0.39 is 5.82 Å². The molecule has 5 nitrogen and oxygen atoms in total. The van der Waals surface area contributed by atoms with Crippen molar-refractivity contribution in [2.24, 2.45) is 0 Å². The fourth-order valence-corrected chi connectivity index (χ4v) is 5.62. The average molecular weight is 521 g/mol. The third-order valence-corrected chi connectivity index (χ3v) is 7.42. The molecule has 2 aliphatic rings. The largest absolute Gasteiger partial charge is 0.393 e. The van der Waals surface area contributed by atoms with Crippen molar-refractivity contribution in [2.75, 3.05) is 4.90 Å². The van der Waals surface area contributed by atoms with Gasteiger partial charge >= 0.3 is 0 Å². The zero-order valence-electron chi connectivity index (χ0n) is 17.5. The first-order valence-corrected chi connectivity index (χ1v) is 12.2. The molecule has 2 fully saturated rings. The van der Waals surface area contributed by atoms with E-state index in [0.717, 1.165) is 59.9 Å². The number of carbonyl (C=O) groups excluding carboxylic acids is 1. The maximum absolute atomic E-state index is 13.8. The monoisotopic (exact) mass is 519 g/mol. The van der Waals surface area contributed by atoms with Crippen molar-refractivity contribution in [1.29, 1.82) is 0 Å². The molecule has 0 unspecified atom stereocenters. The SMILES string of the molecule is O=C1CCC[C@@H](c2nc3cc(Br)ccc3n2[C@H]2CC[C@H](O)CC2)N1c1ccc(F)c(Cl)c1. The highest BCUT2D eigenvalue weighted by molar-refractivity contribution is 9.10. The standard InChI is InChI=1S/C24H24BrClFN3O2/c25-14-4-11-21-20(12-14)28-24(30(21)15-5-8-17(31)9-6-15)22-2-1-3-23(32)29(22)16-7-10-19(27)18(26)13-16/h4,7,10-13,15,17,22,31H,1-3,5-6,8-9H2/t15-,17-,22-/m0/s1. The van der Waals surface area contributed by atoms with E-state index in [9.17, 15) is 14.3 Å². The number of benzene rings is 2. The highest BCUT2D eigenvalue weighted by atomic mass is 79.9. The first-order chi connectivity index (χ1) is 15.4. The molecule has 1 atom stereocenters. The van der Waals surface area contributed by atoms with Crippen molar-refractivity contribution < 1.29 is 14.3 Å². The normalized spacial score (nSPS) is 24.3. The Morgan fingerprint density at radius 1 is 1.09 bits per heavy atom. The smallest absolute Gasteiger partial charge is 0.227 e. The van der Waals surface area contributed by atoms with Crippen LogP contribution in [-0.4, -0.2) is 26.7 Å². The second-order valence-electron chi connectivity index (χ2n) is 8.71. The number of hydrogen-bond acceptors (Lipinski definition) is 3. The summed E-state index contributed by atoms with van der Waals surface area (Å²) in [4.78, 5) is 19.8. The van der Waals surface area contributed by atoms with Crippen molar-refractivity contribution in [3.8, 4) is 0 Å².